The first-order valence-corrected chi connectivity index (χ1v) is 12.5. The predicted molar refractivity (Wildman–Crippen MR) is 128 cm³/mol. The van der Waals surface area contributed by atoms with E-state index in [1.165, 1.54) is 11.9 Å². The van der Waals surface area contributed by atoms with Crippen LogP contribution < -0.4 is 14.8 Å². The van der Waals surface area contributed by atoms with E-state index in [1.54, 1.807) is 16.8 Å². The van der Waals surface area contributed by atoms with Crippen molar-refractivity contribution in [3.63, 3.8) is 0 Å². The van der Waals surface area contributed by atoms with Gasteiger partial charge < -0.3 is 10.0 Å². The van der Waals surface area contributed by atoms with Gasteiger partial charge in [-0.3, -0.25) is 4.72 Å². The van der Waals surface area contributed by atoms with Gasteiger partial charge in [-0.2, -0.15) is 5.10 Å². The number of hydrogen-bond acceptors (Lipinski definition) is 7. The quantitative estimate of drug-likeness (QED) is 0.353. The number of aryl methyl sites for hydroxylation is 1. The molecule has 0 amide bonds. The molecule has 0 unspecified atom stereocenters. The average Bonchev–Trinajstić information content (AvgIpc) is 3.13. The molecule has 0 atom stereocenters. The van der Waals surface area contributed by atoms with E-state index in [4.69, 9.17) is 4.98 Å². The van der Waals surface area contributed by atoms with E-state index in [1.807, 2.05) is 55.8 Å². The van der Waals surface area contributed by atoms with E-state index in [-0.39, 0.29) is 0 Å². The minimum Gasteiger partial charge on any atom is -0.340 e. The number of benzene rings is 2. The molecule has 0 spiro atoms. The monoisotopic (exact) mass is 454 g/mol. The number of anilines is 4. The molecule has 0 aliphatic carbocycles. The largest absolute Gasteiger partial charge is 0.340 e. The predicted octanol–water partition coefficient (Wildman–Crippen LogP) is 4.51. The van der Waals surface area contributed by atoms with Crippen molar-refractivity contribution in [3.05, 3.63) is 66.5 Å². The minimum atomic E-state index is -3.37. The number of fused-ring (bicyclic) bond motifs is 1. The Balaban J connectivity index is 1.67. The second-order valence-corrected chi connectivity index (χ2v) is 9.42. The summed E-state index contributed by atoms with van der Waals surface area (Å²) in [5, 5.41) is 7.66. The zero-order chi connectivity index (χ0) is 22.0. The summed E-state index contributed by atoms with van der Waals surface area (Å²) in [6.07, 6.45) is 6.74. The Hall–Kier alpha value is -3.24. The molecule has 0 aliphatic heterocycles. The fraction of sp³-hybridized carbons (Fsp3) is 0.143. The SMILES string of the molecule is CSNc1cccc(-c2cnn3ccc(Nc4ccc(C)c(NS(C)(=O)=O)c4)nc23)c1. The fourth-order valence-corrected chi connectivity index (χ4v) is 4.15. The Morgan fingerprint density at radius 3 is 2.68 bits per heavy atom. The van der Waals surface area contributed by atoms with Gasteiger partial charge in [-0.15, -0.1) is 0 Å². The maximum Gasteiger partial charge on any atom is 0.229 e. The molecule has 31 heavy (non-hydrogen) atoms. The van der Waals surface area contributed by atoms with Gasteiger partial charge in [-0.05, 0) is 48.4 Å². The van der Waals surface area contributed by atoms with E-state index in [2.05, 4.69) is 25.9 Å². The topological polar surface area (TPSA) is 100 Å². The number of hydrogen-bond donors (Lipinski definition) is 3. The fourth-order valence-electron chi connectivity index (χ4n) is 3.17. The highest BCUT2D eigenvalue weighted by molar-refractivity contribution is 7.99. The van der Waals surface area contributed by atoms with Crippen molar-refractivity contribution in [3.8, 4) is 11.1 Å². The van der Waals surface area contributed by atoms with Gasteiger partial charge in [0.2, 0.25) is 10.0 Å². The summed E-state index contributed by atoms with van der Waals surface area (Å²) < 4.78 is 30.7. The Morgan fingerprint density at radius 1 is 1.06 bits per heavy atom. The van der Waals surface area contributed by atoms with Crippen LogP contribution >= 0.6 is 11.9 Å². The number of sulfonamides is 1. The summed E-state index contributed by atoms with van der Waals surface area (Å²) in [6, 6.07) is 15.4. The van der Waals surface area contributed by atoms with E-state index in [9.17, 15) is 8.42 Å². The normalized spacial score (nSPS) is 11.5. The van der Waals surface area contributed by atoms with E-state index < -0.39 is 10.0 Å². The second kappa shape index (κ2) is 8.48. The van der Waals surface area contributed by atoms with Crippen molar-refractivity contribution >= 4 is 50.5 Å². The van der Waals surface area contributed by atoms with E-state index in [0.29, 0.717) is 17.2 Å². The standard InChI is InChI=1S/C21H22N6O2S2/c1-14-7-8-16(12-19(14)26-31(3,28)29)23-20-9-10-27-21(24-20)18(13-22-27)15-5-4-6-17(11-15)25-30-2/h4-13,25-26H,1-3H3,(H,23,24). The molecule has 0 saturated heterocycles. The molecule has 8 nitrogen and oxygen atoms in total. The molecule has 3 N–H and O–H groups in total. The van der Waals surface area contributed by atoms with Gasteiger partial charge in [0.05, 0.1) is 18.1 Å². The molecule has 4 aromatic rings. The maximum absolute atomic E-state index is 11.6. The third kappa shape index (κ3) is 4.92. The van der Waals surface area contributed by atoms with Gasteiger partial charge in [0.1, 0.15) is 5.82 Å². The van der Waals surface area contributed by atoms with Crippen LogP contribution in [-0.4, -0.2) is 35.5 Å². The molecule has 2 aromatic carbocycles. The number of rotatable bonds is 7. The number of nitrogens with one attached hydrogen (secondary N) is 3. The smallest absolute Gasteiger partial charge is 0.229 e. The van der Waals surface area contributed by atoms with Crippen LogP contribution in [0.1, 0.15) is 5.56 Å². The van der Waals surface area contributed by atoms with Gasteiger partial charge in [0.15, 0.2) is 5.65 Å². The first-order chi connectivity index (χ1) is 14.8. The van der Waals surface area contributed by atoms with Crippen molar-refractivity contribution in [2.75, 3.05) is 27.3 Å². The molecule has 0 bridgehead atoms. The molecular formula is C21H22N6O2S2. The highest BCUT2D eigenvalue weighted by Gasteiger charge is 2.11. The first kappa shape index (κ1) is 21.0. The highest BCUT2D eigenvalue weighted by Crippen LogP contribution is 2.28. The van der Waals surface area contributed by atoms with Crippen LogP contribution in [0.3, 0.4) is 0 Å². The Labute approximate surface area is 185 Å². The molecular weight excluding hydrogens is 432 g/mol. The summed E-state index contributed by atoms with van der Waals surface area (Å²) in [7, 11) is -3.37. The maximum atomic E-state index is 11.6. The summed E-state index contributed by atoms with van der Waals surface area (Å²) in [5.74, 6) is 0.627. The molecule has 160 valence electrons. The Kier molecular flexibility index (Phi) is 5.75. The van der Waals surface area contributed by atoms with Crippen LogP contribution in [0.2, 0.25) is 0 Å². The van der Waals surface area contributed by atoms with Crippen LogP contribution in [-0.2, 0) is 10.0 Å². The molecule has 0 aliphatic rings. The lowest BCUT2D eigenvalue weighted by Crippen LogP contribution is -2.10. The summed E-state index contributed by atoms with van der Waals surface area (Å²) in [6.45, 7) is 1.85. The molecule has 2 heterocycles. The van der Waals surface area contributed by atoms with Crippen LogP contribution in [0.4, 0.5) is 22.9 Å². The van der Waals surface area contributed by atoms with Crippen molar-refractivity contribution in [1.82, 2.24) is 14.6 Å². The van der Waals surface area contributed by atoms with Crippen LogP contribution in [0, 0.1) is 6.92 Å². The number of nitrogens with zero attached hydrogens (tertiary/aromatic N) is 3. The average molecular weight is 455 g/mol. The molecule has 0 saturated carbocycles. The summed E-state index contributed by atoms with van der Waals surface area (Å²) >= 11 is 1.53. The van der Waals surface area contributed by atoms with Crippen LogP contribution in [0.25, 0.3) is 16.8 Å². The van der Waals surface area contributed by atoms with Crippen molar-refractivity contribution < 1.29 is 8.42 Å². The van der Waals surface area contributed by atoms with Gasteiger partial charge >= 0.3 is 0 Å². The second-order valence-electron chi connectivity index (χ2n) is 7.06. The van der Waals surface area contributed by atoms with Crippen molar-refractivity contribution in [1.29, 1.82) is 0 Å². The Bertz CT molecular complexity index is 1350. The third-order valence-corrected chi connectivity index (χ3v) is 5.60. The van der Waals surface area contributed by atoms with Gasteiger partial charge in [-0.25, -0.2) is 17.9 Å². The molecule has 4 rings (SSSR count). The molecule has 0 radical (unpaired) electrons. The Morgan fingerprint density at radius 2 is 1.90 bits per heavy atom. The minimum absolute atomic E-state index is 0.525. The zero-order valence-corrected chi connectivity index (χ0v) is 18.9. The summed E-state index contributed by atoms with van der Waals surface area (Å²) in [5.41, 5.74) is 5.72. The third-order valence-electron chi connectivity index (χ3n) is 4.57. The number of aromatic nitrogens is 3. The highest BCUT2D eigenvalue weighted by atomic mass is 32.2. The van der Waals surface area contributed by atoms with Gasteiger partial charge in [0, 0.05) is 29.4 Å². The van der Waals surface area contributed by atoms with E-state index in [0.717, 1.165) is 34.3 Å². The molecule has 0 fully saturated rings. The molecule has 2 aromatic heterocycles. The lowest BCUT2D eigenvalue weighted by Gasteiger charge is -2.12. The van der Waals surface area contributed by atoms with Gasteiger partial charge in [0.25, 0.3) is 0 Å². The zero-order valence-electron chi connectivity index (χ0n) is 17.2. The first-order valence-electron chi connectivity index (χ1n) is 9.42. The molecule has 10 heteroatoms. The van der Waals surface area contributed by atoms with Crippen LogP contribution in [0.5, 0.6) is 0 Å². The van der Waals surface area contributed by atoms with Crippen molar-refractivity contribution in [2.45, 2.75) is 6.92 Å². The lowest BCUT2D eigenvalue weighted by atomic mass is 10.1. The van der Waals surface area contributed by atoms with Gasteiger partial charge in [-0.1, -0.05) is 30.1 Å². The lowest BCUT2D eigenvalue weighted by molar-refractivity contribution is 0.607. The van der Waals surface area contributed by atoms with E-state index >= 15 is 0 Å². The summed E-state index contributed by atoms with van der Waals surface area (Å²) in [4.78, 5) is 4.73. The van der Waals surface area contributed by atoms with Crippen molar-refractivity contribution in [2.24, 2.45) is 0 Å². The van der Waals surface area contributed by atoms with Crippen LogP contribution in [0.15, 0.2) is 60.9 Å².